The molecular weight excluding hydrogens is 184 g/mol. The summed E-state index contributed by atoms with van der Waals surface area (Å²) in [6, 6.07) is 0. The molecule has 0 aromatic carbocycles. The molecule has 0 spiro atoms. The molecule has 4 nitrogen and oxygen atoms in total. The fourth-order valence-electron chi connectivity index (χ4n) is 1.35. The summed E-state index contributed by atoms with van der Waals surface area (Å²) in [7, 11) is 0. The highest BCUT2D eigenvalue weighted by Crippen LogP contribution is 2.20. The third-order valence-corrected chi connectivity index (χ3v) is 2.30. The molecule has 0 amide bonds. The van der Waals surface area contributed by atoms with Gasteiger partial charge in [0.05, 0.1) is 6.10 Å². The molecule has 0 bridgehead atoms. The zero-order valence-electron chi connectivity index (χ0n) is 8.66. The third kappa shape index (κ3) is 4.60. The van der Waals surface area contributed by atoms with Crippen LogP contribution in [0.4, 0.5) is 0 Å². The molecule has 0 aromatic rings. The topological polar surface area (TPSA) is 36.9 Å². The Bertz CT molecular complexity index is 164. The first-order valence-electron chi connectivity index (χ1n) is 5.17. The summed E-state index contributed by atoms with van der Waals surface area (Å²) < 4.78 is 0. The zero-order chi connectivity index (χ0) is 10.2. The molecule has 82 valence electrons. The van der Waals surface area contributed by atoms with E-state index in [9.17, 15) is 0 Å². The van der Waals surface area contributed by atoms with Crippen LogP contribution in [0.15, 0.2) is 12.3 Å². The smallest absolute Gasteiger partial charge is 0.138 e. The highest BCUT2D eigenvalue weighted by atomic mass is 17.7. The molecule has 1 aliphatic rings. The fraction of sp³-hybridized carbons (Fsp3) is 0.800. The Balaban J connectivity index is 1.94. The number of rotatable bonds is 6. The van der Waals surface area contributed by atoms with Gasteiger partial charge in [0.15, 0.2) is 0 Å². The minimum absolute atomic E-state index is 0.141. The second kappa shape index (κ2) is 6.81. The van der Waals surface area contributed by atoms with Crippen LogP contribution in [0.5, 0.6) is 0 Å². The number of hydrogen-bond donors (Lipinski definition) is 0. The van der Waals surface area contributed by atoms with Crippen molar-refractivity contribution in [3.8, 4) is 0 Å². The molecular formula is C10H18O4. The van der Waals surface area contributed by atoms with Gasteiger partial charge in [0.1, 0.15) is 5.76 Å². The van der Waals surface area contributed by atoms with Crippen molar-refractivity contribution in [2.45, 2.75) is 51.6 Å². The summed E-state index contributed by atoms with van der Waals surface area (Å²) in [5, 5.41) is 8.83. The lowest BCUT2D eigenvalue weighted by atomic mass is 9.98. The van der Waals surface area contributed by atoms with Crippen LogP contribution >= 0.6 is 0 Å². The molecule has 0 N–H and O–H groups in total. The van der Waals surface area contributed by atoms with E-state index in [1.807, 2.05) is 6.92 Å². The average molecular weight is 202 g/mol. The number of hydrogen-bond acceptors (Lipinski definition) is 4. The van der Waals surface area contributed by atoms with Crippen LogP contribution in [0, 0.1) is 0 Å². The quantitative estimate of drug-likeness (QED) is 0.287. The van der Waals surface area contributed by atoms with E-state index in [1.54, 1.807) is 0 Å². The minimum atomic E-state index is 0.141. The van der Waals surface area contributed by atoms with E-state index in [0.717, 1.165) is 12.8 Å². The van der Waals surface area contributed by atoms with Gasteiger partial charge >= 0.3 is 0 Å². The van der Waals surface area contributed by atoms with Gasteiger partial charge in [0, 0.05) is 11.5 Å². The SMILES string of the molecule is C=C(CC)OOOOC1CCCCC1. The van der Waals surface area contributed by atoms with Gasteiger partial charge in [-0.2, -0.15) is 4.89 Å². The molecule has 0 saturated heterocycles. The Morgan fingerprint density at radius 1 is 1.21 bits per heavy atom. The maximum absolute atomic E-state index is 4.99. The summed E-state index contributed by atoms with van der Waals surface area (Å²) in [5.41, 5.74) is 0. The Hall–Kier alpha value is -0.580. The van der Waals surface area contributed by atoms with E-state index in [1.165, 1.54) is 19.3 Å². The second-order valence-electron chi connectivity index (χ2n) is 3.47. The van der Waals surface area contributed by atoms with Gasteiger partial charge in [0.25, 0.3) is 0 Å². The summed E-state index contributed by atoms with van der Waals surface area (Å²) >= 11 is 0. The molecule has 0 heterocycles. The maximum Gasteiger partial charge on any atom is 0.138 e. The van der Waals surface area contributed by atoms with Crippen molar-refractivity contribution >= 4 is 0 Å². The Morgan fingerprint density at radius 2 is 1.93 bits per heavy atom. The predicted octanol–water partition coefficient (Wildman–Crippen LogP) is 3.05. The summed E-state index contributed by atoms with van der Waals surface area (Å²) in [6.07, 6.45) is 6.54. The van der Waals surface area contributed by atoms with Crippen molar-refractivity contribution in [2.24, 2.45) is 0 Å². The lowest BCUT2D eigenvalue weighted by Crippen LogP contribution is -2.17. The van der Waals surface area contributed by atoms with Crippen LogP contribution in [-0.2, 0) is 19.9 Å². The molecule has 1 aliphatic carbocycles. The van der Waals surface area contributed by atoms with Crippen molar-refractivity contribution in [1.82, 2.24) is 0 Å². The molecule has 0 unspecified atom stereocenters. The summed E-state index contributed by atoms with van der Waals surface area (Å²) in [6.45, 7) is 5.49. The monoisotopic (exact) mass is 202 g/mol. The lowest BCUT2D eigenvalue weighted by Gasteiger charge is -2.18. The Morgan fingerprint density at radius 3 is 2.57 bits per heavy atom. The van der Waals surface area contributed by atoms with E-state index in [-0.39, 0.29) is 6.10 Å². The zero-order valence-corrected chi connectivity index (χ0v) is 8.66. The molecule has 1 fully saturated rings. The van der Waals surface area contributed by atoms with Gasteiger partial charge in [-0.1, -0.05) is 32.8 Å². The third-order valence-electron chi connectivity index (χ3n) is 2.30. The van der Waals surface area contributed by atoms with Gasteiger partial charge in [0.2, 0.25) is 0 Å². The molecule has 0 radical (unpaired) electrons. The predicted molar refractivity (Wildman–Crippen MR) is 50.6 cm³/mol. The van der Waals surface area contributed by atoms with E-state index < -0.39 is 0 Å². The van der Waals surface area contributed by atoms with E-state index in [2.05, 4.69) is 21.5 Å². The van der Waals surface area contributed by atoms with Crippen LogP contribution in [0.1, 0.15) is 45.4 Å². The van der Waals surface area contributed by atoms with Gasteiger partial charge in [-0.3, -0.25) is 0 Å². The first kappa shape index (κ1) is 11.5. The van der Waals surface area contributed by atoms with Gasteiger partial charge in [-0.15, -0.1) is 0 Å². The summed E-state index contributed by atoms with van der Waals surface area (Å²) in [5.74, 6) is 0.511. The largest absolute Gasteiger partial charge is 0.311 e. The van der Waals surface area contributed by atoms with Crippen LogP contribution < -0.4 is 0 Å². The molecule has 4 heteroatoms. The van der Waals surface area contributed by atoms with Crippen LogP contribution in [0.2, 0.25) is 0 Å². The minimum Gasteiger partial charge on any atom is -0.311 e. The van der Waals surface area contributed by atoms with Crippen LogP contribution in [0.25, 0.3) is 0 Å². The molecule has 0 aliphatic heterocycles. The number of allylic oxidation sites excluding steroid dienone is 1. The van der Waals surface area contributed by atoms with Crippen molar-refractivity contribution in [3.63, 3.8) is 0 Å². The maximum atomic E-state index is 4.99. The van der Waals surface area contributed by atoms with E-state index in [4.69, 9.17) is 4.89 Å². The normalized spacial score (nSPS) is 18.1. The highest BCUT2D eigenvalue weighted by molar-refractivity contribution is 4.76. The van der Waals surface area contributed by atoms with Gasteiger partial charge in [-0.25, -0.2) is 0 Å². The fourth-order valence-corrected chi connectivity index (χ4v) is 1.35. The van der Waals surface area contributed by atoms with Crippen molar-refractivity contribution in [3.05, 3.63) is 12.3 Å². The Kier molecular flexibility index (Phi) is 5.59. The first-order chi connectivity index (χ1) is 6.83. The average Bonchev–Trinajstić information content (AvgIpc) is 2.25. The van der Waals surface area contributed by atoms with E-state index in [0.29, 0.717) is 12.2 Å². The van der Waals surface area contributed by atoms with Crippen molar-refractivity contribution < 1.29 is 19.9 Å². The highest BCUT2D eigenvalue weighted by Gasteiger charge is 2.15. The first-order valence-corrected chi connectivity index (χ1v) is 5.17. The molecule has 1 saturated carbocycles. The second-order valence-corrected chi connectivity index (χ2v) is 3.47. The van der Waals surface area contributed by atoms with Crippen LogP contribution in [0.3, 0.4) is 0 Å². The standard InChI is InChI=1S/C10H18O4/c1-3-9(2)11-13-14-12-10-7-5-4-6-8-10/h10H,2-8H2,1H3. The molecule has 14 heavy (non-hydrogen) atoms. The summed E-state index contributed by atoms with van der Waals surface area (Å²) in [4.78, 5) is 9.63. The van der Waals surface area contributed by atoms with Gasteiger partial charge < -0.3 is 4.89 Å². The van der Waals surface area contributed by atoms with Crippen molar-refractivity contribution in [1.29, 1.82) is 0 Å². The van der Waals surface area contributed by atoms with Gasteiger partial charge in [-0.05, 0) is 17.9 Å². The Labute approximate surface area is 84.6 Å². The molecule has 1 rings (SSSR count). The lowest BCUT2D eigenvalue weighted by molar-refractivity contribution is -0.633. The van der Waals surface area contributed by atoms with E-state index >= 15 is 0 Å². The van der Waals surface area contributed by atoms with Crippen LogP contribution in [-0.4, -0.2) is 6.10 Å². The van der Waals surface area contributed by atoms with Crippen molar-refractivity contribution in [2.75, 3.05) is 0 Å². The molecule has 0 atom stereocenters. The molecule has 0 aromatic heterocycles.